The molecular formula is C27H33Cl4N3O2. The first kappa shape index (κ1) is 30.5. The molecule has 1 aromatic heterocycles. The monoisotopic (exact) mass is 571 g/mol. The van der Waals surface area contributed by atoms with Crippen LogP contribution in [0.4, 0.5) is 5.69 Å². The average Bonchev–Trinajstić information content (AvgIpc) is 2.79. The number of anilines is 1. The van der Waals surface area contributed by atoms with Crippen molar-refractivity contribution in [3.8, 4) is 16.9 Å². The third kappa shape index (κ3) is 7.17. The summed E-state index contributed by atoms with van der Waals surface area (Å²) in [5.41, 5.74) is 4.47. The van der Waals surface area contributed by atoms with E-state index in [4.69, 9.17) is 23.2 Å². The molecule has 3 aromatic rings. The van der Waals surface area contributed by atoms with Gasteiger partial charge in [0.2, 0.25) is 0 Å². The fourth-order valence-corrected chi connectivity index (χ4v) is 5.42. The number of hydrogen-bond acceptors (Lipinski definition) is 5. The lowest BCUT2D eigenvalue weighted by Crippen LogP contribution is -2.31. The second-order valence-electron chi connectivity index (χ2n) is 9.68. The molecule has 0 aliphatic heterocycles. The Labute approximate surface area is 235 Å². The molecule has 1 heterocycles. The molecule has 36 heavy (non-hydrogen) atoms. The van der Waals surface area contributed by atoms with Crippen molar-refractivity contribution in [1.29, 1.82) is 0 Å². The molecular weight excluding hydrogens is 540 g/mol. The van der Waals surface area contributed by atoms with Crippen LogP contribution in [-0.2, 0) is 11.2 Å². The number of nitrogens with one attached hydrogen (secondary N) is 1. The van der Waals surface area contributed by atoms with Crippen molar-refractivity contribution in [3.05, 3.63) is 52.1 Å². The molecule has 0 spiro atoms. The van der Waals surface area contributed by atoms with Gasteiger partial charge in [0, 0.05) is 41.8 Å². The summed E-state index contributed by atoms with van der Waals surface area (Å²) in [6.07, 6.45) is 6.74. The Bertz CT molecular complexity index is 1190. The summed E-state index contributed by atoms with van der Waals surface area (Å²) in [7, 11) is 4.26. The summed E-state index contributed by atoms with van der Waals surface area (Å²) in [5.74, 6) is 0.715. The molecule has 0 radical (unpaired) electrons. The highest BCUT2D eigenvalue weighted by Crippen LogP contribution is 2.38. The average molecular weight is 573 g/mol. The Morgan fingerprint density at radius 3 is 2.28 bits per heavy atom. The van der Waals surface area contributed by atoms with Crippen molar-refractivity contribution in [3.63, 3.8) is 0 Å². The molecule has 1 fully saturated rings. The number of rotatable bonds is 7. The van der Waals surface area contributed by atoms with Gasteiger partial charge in [0.1, 0.15) is 5.78 Å². The molecule has 1 aliphatic rings. The maximum Gasteiger partial charge on any atom is 0.152 e. The number of carbonyl (C=O) groups excluding carboxylic acids is 1. The summed E-state index contributed by atoms with van der Waals surface area (Å²) in [6.45, 7) is 2.74. The number of Topliss-reactive ketones (excluding diaryl/α,β-unsaturated/α-hetero) is 1. The Kier molecular flexibility index (Phi) is 11.1. The number of pyridine rings is 1. The van der Waals surface area contributed by atoms with E-state index in [9.17, 15) is 9.90 Å². The van der Waals surface area contributed by atoms with Crippen molar-refractivity contribution >= 4 is 70.4 Å². The zero-order chi connectivity index (χ0) is 24.4. The van der Waals surface area contributed by atoms with Crippen molar-refractivity contribution in [2.45, 2.75) is 45.1 Å². The second kappa shape index (κ2) is 13.2. The van der Waals surface area contributed by atoms with Crippen molar-refractivity contribution < 1.29 is 9.90 Å². The van der Waals surface area contributed by atoms with Crippen LogP contribution in [0, 0.1) is 5.92 Å². The SMILES string of the molecule is CC(=O)Cc1cnc2ccc(-c3cc(Cl)c(O)c(Cl)c3)cc2c1NC1CCC(CN(C)C)CC1.Cl.Cl. The first-order valence-electron chi connectivity index (χ1n) is 11.7. The standard InChI is InChI=1S/C27H31Cl2N3O2.2ClH/c1-16(33)10-20-14-30-25-9-6-18(19-12-23(28)27(34)24(29)13-19)11-22(25)26(20)31-21-7-4-17(5-8-21)15-32(2)3;;/h6,9,11-14,17,21,34H,4-5,7-8,10,15H2,1-3H3,(H,30,31);2*1H. The quantitative estimate of drug-likeness (QED) is 0.308. The van der Waals surface area contributed by atoms with E-state index in [1.165, 1.54) is 12.8 Å². The van der Waals surface area contributed by atoms with E-state index in [0.29, 0.717) is 12.5 Å². The predicted octanol–water partition coefficient (Wildman–Crippen LogP) is 7.42. The molecule has 2 aromatic carbocycles. The summed E-state index contributed by atoms with van der Waals surface area (Å²) >= 11 is 12.3. The minimum Gasteiger partial charge on any atom is -0.505 e. The van der Waals surface area contributed by atoms with E-state index in [0.717, 1.165) is 58.6 Å². The van der Waals surface area contributed by atoms with Crippen LogP contribution < -0.4 is 5.32 Å². The van der Waals surface area contributed by atoms with Crippen molar-refractivity contribution in [2.75, 3.05) is 26.0 Å². The lowest BCUT2D eigenvalue weighted by atomic mass is 9.85. The van der Waals surface area contributed by atoms with Crippen LogP contribution in [0.2, 0.25) is 10.0 Å². The fraction of sp³-hybridized carbons (Fsp3) is 0.407. The summed E-state index contributed by atoms with van der Waals surface area (Å²) in [5, 5.41) is 15.1. The number of nitrogens with zero attached hydrogens (tertiary/aromatic N) is 2. The minimum absolute atomic E-state index is 0. The number of hydrogen-bond donors (Lipinski definition) is 2. The van der Waals surface area contributed by atoms with E-state index in [1.54, 1.807) is 19.1 Å². The van der Waals surface area contributed by atoms with Gasteiger partial charge in [-0.25, -0.2) is 0 Å². The van der Waals surface area contributed by atoms with E-state index in [1.807, 2.05) is 18.3 Å². The number of aromatic nitrogens is 1. The van der Waals surface area contributed by atoms with E-state index in [2.05, 4.69) is 35.4 Å². The van der Waals surface area contributed by atoms with Crippen molar-refractivity contribution in [1.82, 2.24) is 9.88 Å². The van der Waals surface area contributed by atoms with Gasteiger partial charge in [-0.05, 0) is 88.0 Å². The largest absolute Gasteiger partial charge is 0.505 e. The van der Waals surface area contributed by atoms with Gasteiger partial charge in [0.25, 0.3) is 0 Å². The van der Waals surface area contributed by atoms with Gasteiger partial charge in [0.15, 0.2) is 5.75 Å². The highest BCUT2D eigenvalue weighted by atomic mass is 35.5. The Morgan fingerprint density at radius 1 is 1.06 bits per heavy atom. The van der Waals surface area contributed by atoms with Crippen LogP contribution in [0.5, 0.6) is 5.75 Å². The van der Waals surface area contributed by atoms with E-state index in [-0.39, 0.29) is 46.4 Å². The van der Waals surface area contributed by atoms with E-state index >= 15 is 0 Å². The maximum atomic E-state index is 12.0. The maximum absolute atomic E-state index is 12.0. The van der Waals surface area contributed by atoms with Crippen LogP contribution in [-0.4, -0.2) is 47.5 Å². The normalized spacial score (nSPS) is 17.4. The molecule has 9 heteroatoms. The number of aromatic hydroxyl groups is 1. The molecule has 196 valence electrons. The summed E-state index contributed by atoms with van der Waals surface area (Å²) < 4.78 is 0. The molecule has 0 saturated heterocycles. The fourth-order valence-electron chi connectivity index (χ4n) is 4.93. The highest BCUT2D eigenvalue weighted by molar-refractivity contribution is 6.37. The Balaban J connectivity index is 0.00000228. The van der Waals surface area contributed by atoms with Crippen LogP contribution in [0.25, 0.3) is 22.0 Å². The first-order chi connectivity index (χ1) is 16.2. The first-order valence-corrected chi connectivity index (χ1v) is 12.5. The molecule has 0 unspecified atom stereocenters. The third-order valence-electron chi connectivity index (χ3n) is 6.55. The minimum atomic E-state index is -0.120. The van der Waals surface area contributed by atoms with Crippen LogP contribution >= 0.6 is 48.0 Å². The number of benzene rings is 2. The molecule has 5 nitrogen and oxygen atoms in total. The van der Waals surface area contributed by atoms with Crippen molar-refractivity contribution in [2.24, 2.45) is 5.92 Å². The van der Waals surface area contributed by atoms with Gasteiger partial charge in [-0.3, -0.25) is 9.78 Å². The number of phenols is 1. The third-order valence-corrected chi connectivity index (χ3v) is 7.13. The zero-order valence-electron chi connectivity index (χ0n) is 20.7. The van der Waals surface area contributed by atoms with Gasteiger partial charge in [-0.15, -0.1) is 24.8 Å². The number of fused-ring (bicyclic) bond motifs is 1. The predicted molar refractivity (Wildman–Crippen MR) is 156 cm³/mol. The zero-order valence-corrected chi connectivity index (χ0v) is 23.8. The molecule has 1 saturated carbocycles. The molecule has 4 rings (SSSR count). The Morgan fingerprint density at radius 2 is 1.69 bits per heavy atom. The molecule has 2 N–H and O–H groups in total. The Hall–Kier alpha value is -1.76. The van der Waals surface area contributed by atoms with Crippen LogP contribution in [0.3, 0.4) is 0 Å². The number of ketones is 1. The topological polar surface area (TPSA) is 65.5 Å². The van der Waals surface area contributed by atoms with Gasteiger partial charge in [-0.1, -0.05) is 29.3 Å². The van der Waals surface area contributed by atoms with Crippen LogP contribution in [0.1, 0.15) is 38.2 Å². The molecule has 0 amide bonds. The highest BCUT2D eigenvalue weighted by Gasteiger charge is 2.23. The number of phenolic OH excluding ortho intramolecular Hbond substituents is 1. The summed E-state index contributed by atoms with van der Waals surface area (Å²) in [4.78, 5) is 18.9. The molecule has 1 aliphatic carbocycles. The lowest BCUT2D eigenvalue weighted by Gasteiger charge is -2.32. The van der Waals surface area contributed by atoms with Gasteiger partial charge in [0.05, 0.1) is 15.6 Å². The molecule has 0 bridgehead atoms. The summed E-state index contributed by atoms with van der Waals surface area (Å²) in [6, 6.07) is 9.76. The smallest absolute Gasteiger partial charge is 0.152 e. The molecule has 0 atom stereocenters. The van der Waals surface area contributed by atoms with Crippen LogP contribution in [0.15, 0.2) is 36.5 Å². The second-order valence-corrected chi connectivity index (χ2v) is 10.5. The lowest BCUT2D eigenvalue weighted by molar-refractivity contribution is -0.116. The van der Waals surface area contributed by atoms with Gasteiger partial charge in [-0.2, -0.15) is 0 Å². The van der Waals surface area contributed by atoms with Gasteiger partial charge < -0.3 is 15.3 Å². The number of carbonyl (C=O) groups is 1. The van der Waals surface area contributed by atoms with E-state index < -0.39 is 0 Å². The number of halogens is 4. The van der Waals surface area contributed by atoms with Gasteiger partial charge >= 0.3 is 0 Å².